The Morgan fingerprint density at radius 2 is 2.18 bits per heavy atom. The summed E-state index contributed by atoms with van der Waals surface area (Å²) in [6.45, 7) is 1.49. The fourth-order valence-corrected chi connectivity index (χ4v) is 4.65. The lowest BCUT2D eigenvalue weighted by molar-refractivity contribution is -0.910. The zero-order valence-corrected chi connectivity index (χ0v) is 17.0. The van der Waals surface area contributed by atoms with E-state index in [2.05, 4.69) is 40.2 Å². The highest BCUT2D eigenvalue weighted by atomic mass is 32.1. The Morgan fingerprint density at radius 3 is 2.89 bits per heavy atom. The monoisotopic (exact) mass is 397 g/mol. The van der Waals surface area contributed by atoms with E-state index in [1.54, 1.807) is 7.11 Å². The fourth-order valence-electron chi connectivity index (χ4n) is 3.91. The predicted molar refractivity (Wildman–Crippen MR) is 111 cm³/mol. The molecule has 1 fully saturated rings. The van der Waals surface area contributed by atoms with Gasteiger partial charge in [0, 0.05) is 37.0 Å². The highest BCUT2D eigenvalue weighted by Crippen LogP contribution is 2.26. The number of carbonyl (C=O) groups is 1. The number of hydrogen-bond donors (Lipinski definition) is 2. The lowest BCUT2D eigenvalue weighted by Crippen LogP contribution is -3.11. The number of methoxy groups -OCH3 is 1. The van der Waals surface area contributed by atoms with Crippen molar-refractivity contribution < 1.29 is 14.4 Å². The average molecular weight is 398 g/mol. The summed E-state index contributed by atoms with van der Waals surface area (Å²) in [5.41, 5.74) is 3.17. The molecule has 1 amide bonds. The third-order valence-electron chi connectivity index (χ3n) is 5.35. The van der Waals surface area contributed by atoms with Gasteiger partial charge in [-0.15, -0.1) is 11.3 Å². The van der Waals surface area contributed by atoms with Gasteiger partial charge in [-0.25, -0.2) is 4.98 Å². The molecule has 7 heteroatoms. The van der Waals surface area contributed by atoms with Gasteiger partial charge in [0.05, 0.1) is 25.0 Å². The second kappa shape index (κ2) is 8.16. The molecule has 1 aliphatic heterocycles. The Hall–Kier alpha value is -2.64. The largest absolute Gasteiger partial charge is 0.497 e. The molecule has 1 unspecified atom stereocenters. The molecule has 0 bridgehead atoms. The van der Waals surface area contributed by atoms with Crippen molar-refractivity contribution in [2.24, 2.45) is 7.05 Å². The minimum absolute atomic E-state index is 0.0201. The first kappa shape index (κ1) is 18.7. The van der Waals surface area contributed by atoms with E-state index < -0.39 is 0 Å². The van der Waals surface area contributed by atoms with E-state index in [0.29, 0.717) is 17.7 Å². The van der Waals surface area contributed by atoms with Crippen molar-refractivity contribution >= 4 is 22.4 Å². The zero-order valence-electron chi connectivity index (χ0n) is 16.1. The topological polar surface area (TPSA) is 60.6 Å². The fraction of sp³-hybridized carbons (Fsp3) is 0.333. The van der Waals surface area contributed by atoms with Crippen molar-refractivity contribution in [3.8, 4) is 17.0 Å². The van der Waals surface area contributed by atoms with Crippen molar-refractivity contribution in [2.75, 3.05) is 25.5 Å². The summed E-state index contributed by atoms with van der Waals surface area (Å²) in [6.07, 6.45) is 4.35. The van der Waals surface area contributed by atoms with Gasteiger partial charge >= 0.3 is 0 Å². The number of nitrogens with zero attached hydrogens (tertiary/aromatic N) is 2. The van der Waals surface area contributed by atoms with Gasteiger partial charge in [0.1, 0.15) is 11.8 Å². The molecule has 28 heavy (non-hydrogen) atoms. The Kier molecular flexibility index (Phi) is 5.45. The summed E-state index contributed by atoms with van der Waals surface area (Å²) in [5.74, 6) is 0.834. The van der Waals surface area contributed by atoms with Gasteiger partial charge in [0.25, 0.3) is 5.91 Å². The van der Waals surface area contributed by atoms with E-state index in [1.165, 1.54) is 21.9 Å². The number of benzene rings is 1. The SMILES string of the molecule is COc1ccc(-c2csc(NC(=O)C[NH+]3CCC[C@H]3c3cccn3C)n2)cc1. The Morgan fingerprint density at radius 1 is 1.36 bits per heavy atom. The van der Waals surface area contributed by atoms with Gasteiger partial charge in [-0.3, -0.25) is 10.1 Å². The lowest BCUT2D eigenvalue weighted by Gasteiger charge is -2.21. The molecule has 2 atom stereocenters. The normalized spacial score (nSPS) is 18.9. The number of rotatable bonds is 6. The number of aromatic nitrogens is 2. The van der Waals surface area contributed by atoms with Crippen LogP contribution in [0.15, 0.2) is 48.0 Å². The van der Waals surface area contributed by atoms with E-state index in [9.17, 15) is 4.79 Å². The smallest absolute Gasteiger partial charge is 0.281 e. The van der Waals surface area contributed by atoms with Crippen LogP contribution in [0.25, 0.3) is 11.3 Å². The van der Waals surface area contributed by atoms with Gasteiger partial charge in [-0.1, -0.05) is 0 Å². The maximum Gasteiger partial charge on any atom is 0.281 e. The number of hydrogen-bond acceptors (Lipinski definition) is 4. The first-order valence-corrected chi connectivity index (χ1v) is 10.4. The Labute approximate surface area is 168 Å². The summed E-state index contributed by atoms with van der Waals surface area (Å²) >= 11 is 1.45. The number of ether oxygens (including phenoxy) is 1. The molecule has 3 aromatic rings. The Balaban J connectivity index is 1.39. The van der Waals surface area contributed by atoms with Gasteiger partial charge in [0.2, 0.25) is 0 Å². The summed E-state index contributed by atoms with van der Waals surface area (Å²) < 4.78 is 7.35. The highest BCUT2D eigenvalue weighted by Gasteiger charge is 2.33. The highest BCUT2D eigenvalue weighted by molar-refractivity contribution is 7.14. The molecule has 0 spiro atoms. The van der Waals surface area contributed by atoms with E-state index in [-0.39, 0.29) is 5.91 Å². The van der Waals surface area contributed by atoms with Crippen molar-refractivity contribution in [1.82, 2.24) is 9.55 Å². The number of carbonyl (C=O) groups excluding carboxylic acids is 1. The summed E-state index contributed by atoms with van der Waals surface area (Å²) in [7, 11) is 3.72. The van der Waals surface area contributed by atoms with Crippen LogP contribution in [-0.4, -0.2) is 35.7 Å². The molecule has 0 aliphatic carbocycles. The maximum atomic E-state index is 12.6. The number of aryl methyl sites for hydroxylation is 1. The van der Waals surface area contributed by atoms with Gasteiger partial charge in [0.15, 0.2) is 11.7 Å². The zero-order chi connectivity index (χ0) is 19.5. The lowest BCUT2D eigenvalue weighted by atomic mass is 10.1. The molecule has 0 radical (unpaired) electrons. The van der Waals surface area contributed by atoms with Gasteiger partial charge < -0.3 is 14.2 Å². The molecule has 3 heterocycles. The van der Waals surface area contributed by atoms with Crippen molar-refractivity contribution in [3.63, 3.8) is 0 Å². The molecule has 1 saturated heterocycles. The van der Waals surface area contributed by atoms with E-state index in [0.717, 1.165) is 36.4 Å². The second-order valence-electron chi connectivity index (χ2n) is 7.14. The molecule has 2 aromatic heterocycles. The number of quaternary nitrogens is 1. The molecule has 4 rings (SSSR count). The van der Waals surface area contributed by atoms with Crippen LogP contribution in [0.2, 0.25) is 0 Å². The molecule has 0 saturated carbocycles. The van der Waals surface area contributed by atoms with Crippen LogP contribution >= 0.6 is 11.3 Å². The molecular formula is C21H25N4O2S+. The minimum atomic E-state index is 0.0201. The molecule has 6 nitrogen and oxygen atoms in total. The third kappa shape index (κ3) is 3.95. The van der Waals surface area contributed by atoms with Crippen LogP contribution in [-0.2, 0) is 11.8 Å². The number of nitrogens with one attached hydrogen (secondary N) is 2. The standard InChI is InChI=1S/C21H24N4O2S/c1-24-11-3-5-18(24)19-6-4-12-25(19)13-20(26)23-21-22-17(14-28-21)15-7-9-16(27-2)10-8-15/h3,5,7-11,14,19H,4,6,12-13H2,1-2H3,(H,22,23,26)/p+1/t19-/m0/s1. The van der Waals surface area contributed by atoms with Crippen molar-refractivity contribution in [3.05, 3.63) is 53.7 Å². The summed E-state index contributed by atoms with van der Waals surface area (Å²) in [4.78, 5) is 18.5. The summed E-state index contributed by atoms with van der Waals surface area (Å²) in [6, 6.07) is 12.4. The van der Waals surface area contributed by atoms with Crippen molar-refractivity contribution in [2.45, 2.75) is 18.9 Å². The van der Waals surface area contributed by atoms with Crippen LogP contribution in [0, 0.1) is 0 Å². The van der Waals surface area contributed by atoms with E-state index in [1.807, 2.05) is 29.6 Å². The van der Waals surface area contributed by atoms with Crippen LogP contribution in [0.5, 0.6) is 5.75 Å². The second-order valence-corrected chi connectivity index (χ2v) is 8.00. The first-order valence-electron chi connectivity index (χ1n) is 9.49. The molecular weight excluding hydrogens is 372 g/mol. The van der Waals surface area contributed by atoms with E-state index >= 15 is 0 Å². The number of anilines is 1. The molecule has 2 N–H and O–H groups in total. The van der Waals surface area contributed by atoms with Crippen LogP contribution in [0.3, 0.4) is 0 Å². The van der Waals surface area contributed by atoms with E-state index in [4.69, 9.17) is 4.74 Å². The van der Waals surface area contributed by atoms with Crippen LogP contribution in [0.1, 0.15) is 24.6 Å². The Bertz CT molecular complexity index is 947. The van der Waals surface area contributed by atoms with Gasteiger partial charge in [-0.2, -0.15) is 0 Å². The third-order valence-corrected chi connectivity index (χ3v) is 6.11. The predicted octanol–water partition coefficient (Wildman–Crippen LogP) is 2.52. The molecule has 146 valence electrons. The van der Waals surface area contributed by atoms with Crippen LogP contribution in [0.4, 0.5) is 5.13 Å². The first-order chi connectivity index (χ1) is 13.6. The quantitative estimate of drug-likeness (QED) is 0.672. The van der Waals surface area contributed by atoms with Crippen LogP contribution < -0.4 is 15.0 Å². The number of thiazole rings is 1. The maximum absolute atomic E-state index is 12.6. The van der Waals surface area contributed by atoms with Gasteiger partial charge in [-0.05, 0) is 36.4 Å². The average Bonchev–Trinajstić information content (AvgIpc) is 3.43. The molecule has 1 aliphatic rings. The molecule has 1 aromatic carbocycles. The minimum Gasteiger partial charge on any atom is -0.497 e. The number of amides is 1. The van der Waals surface area contributed by atoms with Crippen molar-refractivity contribution in [1.29, 1.82) is 0 Å². The summed E-state index contributed by atoms with van der Waals surface area (Å²) in [5, 5.41) is 5.59. The number of likely N-dealkylation sites (tertiary alicyclic amines) is 1.